The van der Waals surface area contributed by atoms with Crippen LogP contribution in [-0.2, 0) is 26.2 Å². The molecule has 38 valence electrons. The molecule has 0 amide bonds. The van der Waals surface area contributed by atoms with E-state index >= 15 is 0 Å². The average molecular weight is 179 g/mol. The number of hydrogen-bond donors (Lipinski definition) is 1. The van der Waals surface area contributed by atoms with Gasteiger partial charge in [-0.2, -0.15) is 0 Å². The van der Waals surface area contributed by atoms with Crippen molar-refractivity contribution in [3.05, 3.63) is 0 Å². The van der Waals surface area contributed by atoms with Gasteiger partial charge in [-0.25, -0.2) is 0 Å². The van der Waals surface area contributed by atoms with E-state index in [1.165, 1.54) is 6.42 Å². The Morgan fingerprint density at radius 3 is 2.00 bits per heavy atom. The summed E-state index contributed by atoms with van der Waals surface area (Å²) >= 11 is 0. The standard InChI is InChI=1S/C5H12O.Zr/c1-2-3-4-5-6;/h6H,2-5H2,1H3;/q;+4. The Morgan fingerprint density at radius 1 is 1.29 bits per heavy atom. The molecule has 0 aliphatic heterocycles. The summed E-state index contributed by atoms with van der Waals surface area (Å²) in [6.45, 7) is 2.48. The molecule has 0 atom stereocenters. The minimum absolute atomic E-state index is 0. The van der Waals surface area contributed by atoms with E-state index in [-0.39, 0.29) is 26.2 Å². The normalized spacial score (nSPS) is 7.71. The van der Waals surface area contributed by atoms with Crippen molar-refractivity contribution in [2.75, 3.05) is 6.61 Å². The van der Waals surface area contributed by atoms with E-state index < -0.39 is 0 Å². The van der Waals surface area contributed by atoms with Crippen molar-refractivity contribution in [3.63, 3.8) is 0 Å². The second-order valence-corrected chi connectivity index (χ2v) is 1.43. The third-order valence-electron chi connectivity index (χ3n) is 0.762. The molecule has 0 aliphatic carbocycles. The minimum atomic E-state index is 0. The summed E-state index contributed by atoms with van der Waals surface area (Å²) in [7, 11) is 0. The molecule has 0 heterocycles. The monoisotopic (exact) mass is 178 g/mol. The molecule has 0 fully saturated rings. The van der Waals surface area contributed by atoms with Gasteiger partial charge in [0.05, 0.1) is 0 Å². The van der Waals surface area contributed by atoms with E-state index in [1.54, 1.807) is 0 Å². The summed E-state index contributed by atoms with van der Waals surface area (Å²) in [5.41, 5.74) is 0. The molecule has 0 saturated heterocycles. The third kappa shape index (κ3) is 10.9. The van der Waals surface area contributed by atoms with Gasteiger partial charge < -0.3 is 5.11 Å². The second kappa shape index (κ2) is 9.96. The van der Waals surface area contributed by atoms with Crippen LogP contribution in [0.3, 0.4) is 0 Å². The van der Waals surface area contributed by atoms with Crippen LogP contribution in [0.4, 0.5) is 0 Å². The van der Waals surface area contributed by atoms with Crippen LogP contribution in [-0.4, -0.2) is 11.7 Å². The van der Waals surface area contributed by atoms with E-state index in [2.05, 4.69) is 6.92 Å². The quantitative estimate of drug-likeness (QED) is 0.645. The first-order chi connectivity index (χ1) is 2.91. The number of unbranched alkanes of at least 4 members (excludes halogenated alkanes) is 2. The van der Waals surface area contributed by atoms with Crippen LogP contribution in [0.15, 0.2) is 0 Å². The third-order valence-corrected chi connectivity index (χ3v) is 0.762. The van der Waals surface area contributed by atoms with E-state index in [0.29, 0.717) is 6.61 Å². The molecule has 0 rings (SSSR count). The smallest absolute Gasteiger partial charge is 0.396 e. The molecule has 1 N–H and O–H groups in total. The molecule has 0 aromatic heterocycles. The van der Waals surface area contributed by atoms with Crippen molar-refractivity contribution in [2.24, 2.45) is 0 Å². The zero-order valence-electron chi connectivity index (χ0n) is 4.78. The first kappa shape index (κ1) is 10.8. The molecule has 0 spiro atoms. The van der Waals surface area contributed by atoms with Crippen molar-refractivity contribution in [1.82, 2.24) is 0 Å². The molecule has 0 saturated carbocycles. The Bertz CT molecular complexity index is 20.0. The van der Waals surface area contributed by atoms with Gasteiger partial charge in [0.2, 0.25) is 0 Å². The summed E-state index contributed by atoms with van der Waals surface area (Å²) in [6.07, 6.45) is 3.33. The van der Waals surface area contributed by atoms with Gasteiger partial charge in [0.25, 0.3) is 0 Å². The first-order valence-electron chi connectivity index (χ1n) is 2.52. The van der Waals surface area contributed by atoms with Crippen LogP contribution >= 0.6 is 0 Å². The van der Waals surface area contributed by atoms with E-state index in [4.69, 9.17) is 5.11 Å². The maximum absolute atomic E-state index is 8.20. The number of aliphatic hydroxyl groups is 1. The molecular weight excluding hydrogens is 167 g/mol. The van der Waals surface area contributed by atoms with Crippen LogP contribution in [0.25, 0.3) is 0 Å². The molecular formula is C5H12OZr+4. The predicted molar refractivity (Wildman–Crippen MR) is 26.6 cm³/mol. The van der Waals surface area contributed by atoms with E-state index in [9.17, 15) is 0 Å². The van der Waals surface area contributed by atoms with E-state index in [1.807, 2.05) is 0 Å². The summed E-state index contributed by atoms with van der Waals surface area (Å²) in [5.74, 6) is 0. The number of rotatable bonds is 3. The Labute approximate surface area is 64.2 Å². The topological polar surface area (TPSA) is 20.2 Å². The fourth-order valence-corrected chi connectivity index (χ4v) is 0.362. The van der Waals surface area contributed by atoms with Crippen molar-refractivity contribution in [2.45, 2.75) is 26.2 Å². The molecule has 0 unspecified atom stereocenters. The van der Waals surface area contributed by atoms with Crippen LogP contribution in [0.2, 0.25) is 0 Å². The minimum Gasteiger partial charge on any atom is -0.396 e. The molecule has 0 radical (unpaired) electrons. The zero-order chi connectivity index (χ0) is 4.83. The van der Waals surface area contributed by atoms with Crippen molar-refractivity contribution in [1.29, 1.82) is 0 Å². The first-order valence-corrected chi connectivity index (χ1v) is 2.52. The fraction of sp³-hybridized carbons (Fsp3) is 1.00. The predicted octanol–water partition coefficient (Wildman–Crippen LogP) is 1.17. The second-order valence-electron chi connectivity index (χ2n) is 1.43. The molecule has 0 aliphatic rings. The van der Waals surface area contributed by atoms with Gasteiger partial charge in [-0.15, -0.1) is 0 Å². The van der Waals surface area contributed by atoms with Gasteiger partial charge >= 0.3 is 26.2 Å². The molecule has 0 aromatic carbocycles. The Balaban J connectivity index is 0. The van der Waals surface area contributed by atoms with Gasteiger partial charge in [-0.3, -0.25) is 0 Å². The summed E-state index contributed by atoms with van der Waals surface area (Å²) in [5, 5.41) is 8.20. The zero-order valence-corrected chi connectivity index (χ0v) is 7.23. The van der Waals surface area contributed by atoms with Gasteiger partial charge in [0.15, 0.2) is 0 Å². The summed E-state index contributed by atoms with van der Waals surface area (Å²) in [4.78, 5) is 0. The fourth-order valence-electron chi connectivity index (χ4n) is 0.362. The SMILES string of the molecule is CCCCCO.[Zr+4]. The van der Waals surface area contributed by atoms with Crippen LogP contribution < -0.4 is 0 Å². The Kier molecular flexibility index (Phi) is 15.3. The molecule has 0 bridgehead atoms. The van der Waals surface area contributed by atoms with Gasteiger partial charge in [0, 0.05) is 6.61 Å². The maximum Gasteiger partial charge on any atom is 4.00 e. The van der Waals surface area contributed by atoms with Crippen LogP contribution in [0.5, 0.6) is 0 Å². The Morgan fingerprint density at radius 2 is 1.86 bits per heavy atom. The number of hydrogen-bond acceptors (Lipinski definition) is 1. The molecule has 0 aromatic rings. The van der Waals surface area contributed by atoms with Gasteiger partial charge in [-0.05, 0) is 6.42 Å². The van der Waals surface area contributed by atoms with Crippen LogP contribution in [0.1, 0.15) is 26.2 Å². The molecule has 1 nitrogen and oxygen atoms in total. The number of aliphatic hydroxyl groups excluding tert-OH is 1. The molecule has 7 heavy (non-hydrogen) atoms. The van der Waals surface area contributed by atoms with Crippen LogP contribution in [0, 0.1) is 0 Å². The van der Waals surface area contributed by atoms with E-state index in [0.717, 1.165) is 12.8 Å². The average Bonchev–Trinajstić information content (AvgIpc) is 1.61. The van der Waals surface area contributed by atoms with Crippen molar-refractivity contribution >= 4 is 0 Å². The van der Waals surface area contributed by atoms with Gasteiger partial charge in [0.1, 0.15) is 0 Å². The summed E-state index contributed by atoms with van der Waals surface area (Å²) in [6, 6.07) is 0. The summed E-state index contributed by atoms with van der Waals surface area (Å²) < 4.78 is 0. The molecule has 2 heteroatoms. The largest absolute Gasteiger partial charge is 4.00 e. The maximum atomic E-state index is 8.20. The Hall–Kier alpha value is 0.843. The van der Waals surface area contributed by atoms with Crippen molar-refractivity contribution < 1.29 is 31.3 Å². The van der Waals surface area contributed by atoms with Gasteiger partial charge in [-0.1, -0.05) is 19.8 Å². The van der Waals surface area contributed by atoms with Crippen molar-refractivity contribution in [3.8, 4) is 0 Å².